The fourth-order valence-electron chi connectivity index (χ4n) is 1.76. The van der Waals surface area contributed by atoms with Crippen LogP contribution >= 0.6 is 11.6 Å². The van der Waals surface area contributed by atoms with Crippen molar-refractivity contribution in [2.24, 2.45) is 0 Å². The zero-order chi connectivity index (χ0) is 13.3. The Labute approximate surface area is 108 Å². The van der Waals surface area contributed by atoms with E-state index >= 15 is 0 Å². The maximum atomic E-state index is 10.6. The molecule has 0 N–H and O–H groups in total. The molecular weight excluding hydrogens is 258 g/mol. The second-order valence-electron chi connectivity index (χ2n) is 3.85. The van der Waals surface area contributed by atoms with Crippen LogP contribution in [0.4, 0.5) is 5.82 Å². The molecule has 0 aliphatic heterocycles. The lowest BCUT2D eigenvalue weighted by Crippen LogP contribution is -2.08. The van der Waals surface area contributed by atoms with Crippen LogP contribution in [0.1, 0.15) is 18.3 Å². The molecule has 2 heterocycles. The number of rotatable bonds is 4. The Bertz CT molecular complexity index is 589. The van der Waals surface area contributed by atoms with Crippen molar-refractivity contribution in [1.82, 2.24) is 19.6 Å². The fraction of sp³-hybridized carbons (Fsp3) is 0.400. The van der Waals surface area contributed by atoms with Gasteiger partial charge in [-0.05, 0) is 24.8 Å². The lowest BCUT2D eigenvalue weighted by atomic mass is 10.3. The Morgan fingerprint density at radius 3 is 2.78 bits per heavy atom. The molecule has 2 aromatic heterocycles. The maximum Gasteiger partial charge on any atom is 0.408 e. The van der Waals surface area contributed by atoms with Crippen LogP contribution in [0.15, 0.2) is 12.3 Å². The Morgan fingerprint density at radius 1 is 1.50 bits per heavy atom. The number of hydrogen-bond donors (Lipinski definition) is 0. The van der Waals surface area contributed by atoms with E-state index in [1.54, 1.807) is 0 Å². The summed E-state index contributed by atoms with van der Waals surface area (Å²) in [4.78, 5) is 10.0. The van der Waals surface area contributed by atoms with Gasteiger partial charge in [0.15, 0.2) is 5.02 Å². The Hall–Kier alpha value is -1.89. The SMILES string of the molecule is CCn1nc(C)cc1Cn1cc(Cl)c([N+](=O)[O-])n1. The van der Waals surface area contributed by atoms with Crippen LogP contribution in [0.5, 0.6) is 0 Å². The predicted octanol–water partition coefficient (Wildman–Crippen LogP) is 2.02. The van der Waals surface area contributed by atoms with Crippen molar-refractivity contribution in [2.75, 3.05) is 0 Å². The van der Waals surface area contributed by atoms with Gasteiger partial charge in [-0.25, -0.2) is 0 Å². The Balaban J connectivity index is 2.28. The van der Waals surface area contributed by atoms with E-state index < -0.39 is 4.92 Å². The summed E-state index contributed by atoms with van der Waals surface area (Å²) in [5.41, 5.74) is 1.84. The third kappa shape index (κ3) is 2.35. The molecule has 2 rings (SSSR count). The molecule has 0 spiro atoms. The van der Waals surface area contributed by atoms with Gasteiger partial charge in [0.25, 0.3) is 0 Å². The van der Waals surface area contributed by atoms with Crippen LogP contribution in [0.25, 0.3) is 0 Å². The quantitative estimate of drug-likeness (QED) is 0.628. The number of nitro groups is 1. The minimum atomic E-state index is -0.596. The summed E-state index contributed by atoms with van der Waals surface area (Å²) in [6, 6.07) is 1.92. The first-order chi connectivity index (χ1) is 8.51. The van der Waals surface area contributed by atoms with Crippen molar-refractivity contribution in [2.45, 2.75) is 26.9 Å². The Kier molecular flexibility index (Phi) is 3.33. The van der Waals surface area contributed by atoms with Crippen molar-refractivity contribution in [3.05, 3.63) is 38.8 Å². The molecule has 0 radical (unpaired) electrons. The van der Waals surface area contributed by atoms with Crippen molar-refractivity contribution in [3.8, 4) is 0 Å². The van der Waals surface area contributed by atoms with Crippen molar-refractivity contribution in [3.63, 3.8) is 0 Å². The minimum Gasteiger partial charge on any atom is -0.358 e. The highest BCUT2D eigenvalue weighted by atomic mass is 35.5. The van der Waals surface area contributed by atoms with E-state index in [9.17, 15) is 10.1 Å². The van der Waals surface area contributed by atoms with Crippen LogP contribution in [-0.4, -0.2) is 24.5 Å². The van der Waals surface area contributed by atoms with Crippen LogP contribution < -0.4 is 0 Å². The first-order valence-corrected chi connectivity index (χ1v) is 5.79. The summed E-state index contributed by atoms with van der Waals surface area (Å²) in [5, 5.41) is 18.8. The van der Waals surface area contributed by atoms with Crippen LogP contribution in [-0.2, 0) is 13.1 Å². The monoisotopic (exact) mass is 269 g/mol. The first-order valence-electron chi connectivity index (χ1n) is 5.42. The predicted molar refractivity (Wildman–Crippen MR) is 65.6 cm³/mol. The van der Waals surface area contributed by atoms with Gasteiger partial charge in [-0.15, -0.1) is 0 Å². The molecule has 0 atom stereocenters. The normalized spacial score (nSPS) is 10.8. The molecule has 18 heavy (non-hydrogen) atoms. The highest BCUT2D eigenvalue weighted by molar-refractivity contribution is 6.32. The second kappa shape index (κ2) is 4.77. The second-order valence-corrected chi connectivity index (χ2v) is 4.26. The third-order valence-electron chi connectivity index (χ3n) is 2.48. The zero-order valence-electron chi connectivity index (χ0n) is 10.00. The van der Waals surface area contributed by atoms with Gasteiger partial charge in [0, 0.05) is 6.54 Å². The van der Waals surface area contributed by atoms with E-state index in [1.165, 1.54) is 10.9 Å². The molecule has 0 unspecified atom stereocenters. The van der Waals surface area contributed by atoms with E-state index in [1.807, 2.05) is 24.6 Å². The van der Waals surface area contributed by atoms with E-state index in [0.29, 0.717) is 6.54 Å². The summed E-state index contributed by atoms with van der Waals surface area (Å²) in [5.74, 6) is -0.323. The largest absolute Gasteiger partial charge is 0.408 e. The topological polar surface area (TPSA) is 78.8 Å². The van der Waals surface area contributed by atoms with Gasteiger partial charge in [0.1, 0.15) is 6.54 Å². The van der Waals surface area contributed by atoms with E-state index in [4.69, 9.17) is 11.6 Å². The summed E-state index contributed by atoms with van der Waals surface area (Å²) in [6.45, 7) is 5.02. The van der Waals surface area contributed by atoms with Crippen molar-refractivity contribution < 1.29 is 4.92 Å². The van der Waals surface area contributed by atoms with E-state index in [-0.39, 0.29) is 10.8 Å². The lowest BCUT2D eigenvalue weighted by Gasteiger charge is -2.01. The van der Waals surface area contributed by atoms with Gasteiger partial charge in [0.05, 0.1) is 22.7 Å². The molecule has 0 saturated heterocycles. The number of hydrogen-bond acceptors (Lipinski definition) is 4. The molecule has 0 aliphatic rings. The molecule has 0 fully saturated rings. The average molecular weight is 270 g/mol. The van der Waals surface area contributed by atoms with Gasteiger partial charge in [-0.2, -0.15) is 9.78 Å². The van der Waals surface area contributed by atoms with Gasteiger partial charge in [-0.3, -0.25) is 4.68 Å². The van der Waals surface area contributed by atoms with Crippen LogP contribution in [0.3, 0.4) is 0 Å². The van der Waals surface area contributed by atoms with Gasteiger partial charge >= 0.3 is 5.82 Å². The highest BCUT2D eigenvalue weighted by Crippen LogP contribution is 2.21. The number of aromatic nitrogens is 4. The van der Waals surface area contributed by atoms with Crippen molar-refractivity contribution in [1.29, 1.82) is 0 Å². The molecule has 0 amide bonds. The number of nitrogens with zero attached hydrogens (tertiary/aromatic N) is 5. The first kappa shape index (κ1) is 12.6. The molecule has 96 valence electrons. The van der Waals surface area contributed by atoms with Crippen LogP contribution in [0.2, 0.25) is 5.02 Å². The standard InChI is InChI=1S/C10H12ClN5O2/c1-3-15-8(4-7(2)12-15)5-14-6-9(11)10(13-14)16(17)18/h4,6H,3,5H2,1-2H3. The molecule has 0 bridgehead atoms. The summed E-state index contributed by atoms with van der Waals surface area (Å²) in [7, 11) is 0. The minimum absolute atomic E-state index is 0.0410. The summed E-state index contributed by atoms with van der Waals surface area (Å²) < 4.78 is 3.28. The van der Waals surface area contributed by atoms with Gasteiger partial charge < -0.3 is 10.1 Å². The average Bonchev–Trinajstić information content (AvgIpc) is 2.82. The molecular formula is C10H12ClN5O2. The third-order valence-corrected chi connectivity index (χ3v) is 2.75. The summed E-state index contributed by atoms with van der Waals surface area (Å²) >= 11 is 5.74. The van der Waals surface area contributed by atoms with E-state index in [0.717, 1.165) is 17.9 Å². The van der Waals surface area contributed by atoms with Gasteiger partial charge in [0.2, 0.25) is 0 Å². The van der Waals surface area contributed by atoms with Crippen molar-refractivity contribution >= 4 is 17.4 Å². The maximum absolute atomic E-state index is 10.6. The van der Waals surface area contributed by atoms with E-state index in [2.05, 4.69) is 10.2 Å². The molecule has 0 aromatic carbocycles. The Morgan fingerprint density at radius 2 is 2.22 bits per heavy atom. The van der Waals surface area contributed by atoms with Crippen LogP contribution in [0, 0.1) is 17.0 Å². The highest BCUT2D eigenvalue weighted by Gasteiger charge is 2.19. The number of halogens is 1. The molecule has 0 saturated carbocycles. The molecule has 8 heteroatoms. The molecule has 7 nitrogen and oxygen atoms in total. The summed E-state index contributed by atoms with van der Waals surface area (Å²) in [6.07, 6.45) is 1.45. The fourth-order valence-corrected chi connectivity index (χ4v) is 1.98. The zero-order valence-corrected chi connectivity index (χ0v) is 10.8. The molecule has 0 aliphatic carbocycles. The number of aryl methyl sites for hydroxylation is 2. The molecule has 2 aromatic rings. The smallest absolute Gasteiger partial charge is 0.358 e. The lowest BCUT2D eigenvalue weighted by molar-refractivity contribution is -0.389. The van der Waals surface area contributed by atoms with Gasteiger partial charge in [-0.1, -0.05) is 11.6 Å².